The van der Waals surface area contributed by atoms with Gasteiger partial charge in [0.05, 0.1) is 4.90 Å². The van der Waals surface area contributed by atoms with Crippen molar-refractivity contribution in [3.63, 3.8) is 0 Å². The minimum Gasteiger partial charge on any atom is -0.288 e. The molecular formula is C21H21N3O4S. The molecule has 29 heavy (non-hydrogen) atoms. The van der Waals surface area contributed by atoms with E-state index in [1.807, 2.05) is 6.07 Å². The number of rotatable bonds is 7. The van der Waals surface area contributed by atoms with Gasteiger partial charge < -0.3 is 0 Å². The number of aryl methyl sites for hydroxylation is 1. The first-order valence-electron chi connectivity index (χ1n) is 8.90. The zero-order chi connectivity index (χ0) is 20.9. The number of pyridine rings is 1. The van der Waals surface area contributed by atoms with Crippen LogP contribution in [0.3, 0.4) is 0 Å². The molecule has 3 rings (SSSR count). The van der Waals surface area contributed by atoms with Crippen molar-refractivity contribution >= 4 is 15.9 Å². The highest BCUT2D eigenvalue weighted by molar-refractivity contribution is 7.89. The summed E-state index contributed by atoms with van der Waals surface area (Å²) >= 11 is 0. The summed E-state index contributed by atoms with van der Waals surface area (Å²) < 4.78 is 28.2. The summed E-state index contributed by atoms with van der Waals surface area (Å²) in [5.74, 6) is -0.628. The van der Waals surface area contributed by atoms with Crippen LogP contribution in [0.15, 0.2) is 78.0 Å². The van der Waals surface area contributed by atoms with Crippen molar-refractivity contribution in [2.24, 2.45) is 0 Å². The van der Waals surface area contributed by atoms with Crippen LogP contribution >= 0.6 is 0 Å². The van der Waals surface area contributed by atoms with E-state index in [9.17, 15) is 13.2 Å². The van der Waals surface area contributed by atoms with Gasteiger partial charge in [-0.2, -0.15) is 4.31 Å². The van der Waals surface area contributed by atoms with E-state index in [-0.39, 0.29) is 23.5 Å². The summed E-state index contributed by atoms with van der Waals surface area (Å²) in [6.45, 7) is 2.04. The second kappa shape index (κ2) is 8.95. The Hall–Kier alpha value is -3.07. The molecule has 0 bridgehead atoms. The number of hydrogen-bond acceptors (Lipinski definition) is 5. The van der Waals surface area contributed by atoms with Crippen LogP contribution in [0.1, 0.15) is 27.0 Å². The van der Waals surface area contributed by atoms with Crippen molar-refractivity contribution in [2.45, 2.75) is 24.9 Å². The van der Waals surface area contributed by atoms with Crippen LogP contribution < -0.4 is 5.48 Å². The maximum absolute atomic E-state index is 13.4. The molecular weight excluding hydrogens is 390 g/mol. The first-order valence-corrected chi connectivity index (χ1v) is 10.3. The molecule has 0 aliphatic rings. The molecule has 1 amide bonds. The van der Waals surface area contributed by atoms with Gasteiger partial charge in [-0.1, -0.05) is 36.4 Å². The van der Waals surface area contributed by atoms with Gasteiger partial charge in [-0.05, 0) is 47.9 Å². The Morgan fingerprint density at radius 3 is 2.31 bits per heavy atom. The summed E-state index contributed by atoms with van der Waals surface area (Å²) in [5, 5.41) is 8.73. The van der Waals surface area contributed by atoms with Crippen molar-refractivity contribution in [2.75, 3.05) is 0 Å². The Balaban J connectivity index is 1.95. The van der Waals surface area contributed by atoms with Crippen LogP contribution in [0.5, 0.6) is 0 Å². The van der Waals surface area contributed by atoms with Gasteiger partial charge in [0.2, 0.25) is 10.0 Å². The molecule has 0 fully saturated rings. The molecule has 0 aliphatic heterocycles. The molecule has 8 heteroatoms. The van der Waals surface area contributed by atoms with E-state index in [1.54, 1.807) is 67.3 Å². The molecule has 3 aromatic rings. The van der Waals surface area contributed by atoms with Gasteiger partial charge in [0.1, 0.15) is 0 Å². The topological polar surface area (TPSA) is 99.6 Å². The van der Waals surface area contributed by atoms with E-state index >= 15 is 0 Å². The molecule has 1 aromatic heterocycles. The van der Waals surface area contributed by atoms with Crippen molar-refractivity contribution in [3.05, 3.63) is 95.3 Å². The first-order chi connectivity index (χ1) is 13.9. The van der Waals surface area contributed by atoms with Crippen molar-refractivity contribution in [1.29, 1.82) is 0 Å². The molecule has 1 heterocycles. The van der Waals surface area contributed by atoms with Crippen LogP contribution in [0.4, 0.5) is 0 Å². The zero-order valence-electron chi connectivity index (χ0n) is 15.8. The fourth-order valence-corrected chi connectivity index (χ4v) is 4.58. The number of benzene rings is 2. The fourth-order valence-electron chi connectivity index (χ4n) is 2.94. The highest BCUT2D eigenvalue weighted by Crippen LogP contribution is 2.23. The minimum atomic E-state index is -3.77. The number of hydroxylamine groups is 1. The number of nitrogens with zero attached hydrogens (tertiary/aromatic N) is 2. The van der Waals surface area contributed by atoms with Crippen molar-refractivity contribution < 1.29 is 18.4 Å². The molecule has 0 spiro atoms. The number of amides is 1. The quantitative estimate of drug-likeness (QED) is 0.460. The lowest BCUT2D eigenvalue weighted by Gasteiger charge is -2.23. The summed E-state index contributed by atoms with van der Waals surface area (Å²) in [7, 11) is -3.77. The number of nitrogens with one attached hydrogen (secondary N) is 1. The molecule has 150 valence electrons. The first kappa shape index (κ1) is 20.7. The summed E-state index contributed by atoms with van der Waals surface area (Å²) in [6, 6.07) is 16.8. The van der Waals surface area contributed by atoms with E-state index in [2.05, 4.69) is 4.98 Å². The van der Waals surface area contributed by atoms with Crippen molar-refractivity contribution in [1.82, 2.24) is 14.8 Å². The zero-order valence-corrected chi connectivity index (χ0v) is 16.6. The molecule has 0 saturated carbocycles. The van der Waals surface area contributed by atoms with Crippen LogP contribution in [-0.2, 0) is 23.1 Å². The monoisotopic (exact) mass is 411 g/mol. The van der Waals surface area contributed by atoms with E-state index in [0.717, 1.165) is 5.56 Å². The highest BCUT2D eigenvalue weighted by atomic mass is 32.2. The molecule has 0 saturated heterocycles. The van der Waals surface area contributed by atoms with Gasteiger partial charge in [0, 0.05) is 31.0 Å². The Bertz CT molecular complexity index is 1080. The van der Waals surface area contributed by atoms with Gasteiger partial charge in [-0.25, -0.2) is 13.9 Å². The molecule has 0 radical (unpaired) electrons. The number of hydrogen-bond donors (Lipinski definition) is 2. The predicted molar refractivity (Wildman–Crippen MR) is 108 cm³/mol. The van der Waals surface area contributed by atoms with E-state index in [4.69, 9.17) is 5.21 Å². The summed E-state index contributed by atoms with van der Waals surface area (Å²) in [5.41, 5.74) is 3.99. The maximum atomic E-state index is 13.4. The number of carbonyl (C=O) groups is 1. The van der Waals surface area contributed by atoms with Crippen LogP contribution in [0, 0.1) is 6.92 Å². The molecule has 0 unspecified atom stereocenters. The third-order valence-corrected chi connectivity index (χ3v) is 6.42. The van der Waals surface area contributed by atoms with Gasteiger partial charge in [-0.3, -0.25) is 15.0 Å². The smallest absolute Gasteiger partial charge is 0.274 e. The van der Waals surface area contributed by atoms with E-state index in [1.165, 1.54) is 16.4 Å². The SMILES string of the molecule is Cc1ccccc1S(=O)(=O)N(Cc1ccc(C(=O)NO)cc1)Cc1cccnc1. The standard InChI is InChI=1S/C21H21N3O4S/c1-16-5-2-3-7-20(16)29(27,28)24(15-18-6-4-12-22-13-18)14-17-8-10-19(11-9-17)21(25)23-26/h2-13,26H,14-15H2,1H3,(H,23,25). The lowest BCUT2D eigenvalue weighted by molar-refractivity contribution is 0.0706. The Kier molecular flexibility index (Phi) is 6.38. The third kappa shape index (κ3) is 4.86. The van der Waals surface area contributed by atoms with Gasteiger partial charge >= 0.3 is 0 Å². The van der Waals surface area contributed by atoms with Crippen LogP contribution in [-0.4, -0.2) is 28.8 Å². The summed E-state index contributed by atoms with van der Waals surface area (Å²) in [6.07, 6.45) is 3.27. The summed E-state index contributed by atoms with van der Waals surface area (Å²) in [4.78, 5) is 15.8. The van der Waals surface area contributed by atoms with Gasteiger partial charge in [-0.15, -0.1) is 0 Å². The van der Waals surface area contributed by atoms with Crippen LogP contribution in [0.25, 0.3) is 0 Å². The lowest BCUT2D eigenvalue weighted by Crippen LogP contribution is -2.31. The maximum Gasteiger partial charge on any atom is 0.274 e. The Morgan fingerprint density at radius 1 is 1.00 bits per heavy atom. The normalized spacial score (nSPS) is 11.4. The number of carbonyl (C=O) groups excluding carboxylic acids is 1. The van der Waals surface area contributed by atoms with E-state index < -0.39 is 15.9 Å². The predicted octanol–water partition coefficient (Wildman–Crippen LogP) is 2.90. The van der Waals surface area contributed by atoms with E-state index in [0.29, 0.717) is 11.1 Å². The highest BCUT2D eigenvalue weighted by Gasteiger charge is 2.26. The lowest BCUT2D eigenvalue weighted by atomic mass is 10.1. The molecule has 0 aliphatic carbocycles. The molecule has 2 N–H and O–H groups in total. The average Bonchev–Trinajstić information content (AvgIpc) is 2.74. The number of aromatic nitrogens is 1. The fraction of sp³-hybridized carbons (Fsp3) is 0.143. The molecule has 0 atom stereocenters. The second-order valence-corrected chi connectivity index (χ2v) is 8.44. The minimum absolute atomic E-state index is 0.118. The largest absolute Gasteiger partial charge is 0.288 e. The van der Waals surface area contributed by atoms with Gasteiger partial charge in [0.15, 0.2) is 0 Å². The molecule has 2 aromatic carbocycles. The van der Waals surface area contributed by atoms with Crippen molar-refractivity contribution in [3.8, 4) is 0 Å². The van der Waals surface area contributed by atoms with Crippen LogP contribution in [0.2, 0.25) is 0 Å². The Morgan fingerprint density at radius 2 is 1.69 bits per heavy atom. The Labute approximate surface area is 169 Å². The third-order valence-electron chi connectivity index (χ3n) is 4.47. The average molecular weight is 411 g/mol. The number of sulfonamides is 1. The molecule has 7 nitrogen and oxygen atoms in total. The second-order valence-electron chi connectivity index (χ2n) is 6.54. The van der Waals surface area contributed by atoms with Gasteiger partial charge in [0.25, 0.3) is 5.91 Å².